The quantitative estimate of drug-likeness (QED) is 0.479. The van der Waals surface area contributed by atoms with Crippen molar-refractivity contribution in [2.24, 2.45) is 0 Å². The van der Waals surface area contributed by atoms with Gasteiger partial charge in [0.15, 0.2) is 0 Å². The maximum absolute atomic E-state index is 13.9. The number of carbonyl (C=O) groups excluding carboxylic acids is 1. The zero-order chi connectivity index (χ0) is 24.5. The van der Waals surface area contributed by atoms with Crippen molar-refractivity contribution in [2.45, 2.75) is 51.0 Å². The lowest BCUT2D eigenvalue weighted by Gasteiger charge is -2.36. The van der Waals surface area contributed by atoms with E-state index < -0.39 is 5.82 Å². The number of methoxy groups -OCH3 is 1. The molecule has 1 fully saturated rings. The second-order valence-corrected chi connectivity index (χ2v) is 9.61. The van der Waals surface area contributed by atoms with Crippen molar-refractivity contribution in [1.29, 1.82) is 0 Å². The molecule has 2 aliphatic rings. The molecule has 3 heterocycles. The first-order chi connectivity index (χ1) is 17.0. The molecule has 1 amide bonds. The van der Waals surface area contributed by atoms with Crippen molar-refractivity contribution >= 4 is 23.3 Å². The molecule has 0 bridgehead atoms. The van der Waals surface area contributed by atoms with Crippen LogP contribution in [0.4, 0.5) is 10.2 Å². The highest BCUT2D eigenvalue weighted by atomic mass is 35.5. The highest BCUT2D eigenvalue weighted by Crippen LogP contribution is 2.34. The lowest BCUT2D eigenvalue weighted by Crippen LogP contribution is -2.49. The van der Waals surface area contributed by atoms with E-state index in [1.165, 1.54) is 18.6 Å². The highest BCUT2D eigenvalue weighted by molar-refractivity contribution is 6.33. The summed E-state index contributed by atoms with van der Waals surface area (Å²) in [4.78, 5) is 19.7. The number of amides is 1. The number of rotatable bonds is 8. The molecule has 2 N–H and O–H groups in total. The molecular formula is C26H28ClFN4O3. The zero-order valence-electron chi connectivity index (χ0n) is 19.5. The number of anilines is 1. The summed E-state index contributed by atoms with van der Waals surface area (Å²) in [6.07, 6.45) is 7.06. The predicted octanol–water partition coefficient (Wildman–Crippen LogP) is 4.47. The van der Waals surface area contributed by atoms with Crippen molar-refractivity contribution < 1.29 is 19.0 Å². The van der Waals surface area contributed by atoms with Gasteiger partial charge >= 0.3 is 0 Å². The molecule has 0 radical (unpaired) electrons. The SMILES string of the molecule is COC[C@H]1Cn2cc(-c3cc(NC4CCC4)ncc3Cl)cc2C(=O)N1Cc1cc(F)ccc1CO. The normalized spacial score (nSPS) is 17.9. The predicted molar refractivity (Wildman–Crippen MR) is 132 cm³/mol. The minimum atomic E-state index is -0.408. The average molecular weight is 499 g/mol. The first-order valence-corrected chi connectivity index (χ1v) is 12.1. The Balaban J connectivity index is 1.46. The van der Waals surface area contributed by atoms with E-state index >= 15 is 0 Å². The standard InChI is InChI=1S/C26H28ClFN4O3/c1-35-15-21-13-31-11-18(22-9-25(29-10-23(22)27)30-20-3-2-4-20)8-24(31)26(34)32(21)12-17-7-19(28)6-5-16(17)14-33/h5-11,20-21,33H,2-4,12-15H2,1H3,(H,29,30)/t21-/m1/s1. The van der Waals surface area contributed by atoms with Crippen LogP contribution in [0.5, 0.6) is 0 Å². The fourth-order valence-electron chi connectivity index (χ4n) is 4.74. The Morgan fingerprint density at radius 3 is 2.80 bits per heavy atom. The number of halogens is 2. The highest BCUT2D eigenvalue weighted by Gasteiger charge is 2.34. The molecule has 1 aliphatic heterocycles. The van der Waals surface area contributed by atoms with E-state index in [9.17, 15) is 14.3 Å². The summed E-state index contributed by atoms with van der Waals surface area (Å²) in [5.41, 5.74) is 3.33. The maximum Gasteiger partial charge on any atom is 0.271 e. The Bertz CT molecular complexity index is 1240. The van der Waals surface area contributed by atoms with Crippen molar-refractivity contribution in [3.63, 3.8) is 0 Å². The van der Waals surface area contributed by atoms with Crippen molar-refractivity contribution in [3.8, 4) is 11.1 Å². The summed E-state index contributed by atoms with van der Waals surface area (Å²) < 4.78 is 21.3. The van der Waals surface area contributed by atoms with Crippen LogP contribution in [0.2, 0.25) is 5.02 Å². The fraction of sp³-hybridized carbons (Fsp3) is 0.385. The Hall–Kier alpha value is -2.94. The van der Waals surface area contributed by atoms with E-state index in [0.29, 0.717) is 41.0 Å². The van der Waals surface area contributed by atoms with Gasteiger partial charge in [-0.15, -0.1) is 0 Å². The number of aliphatic hydroxyl groups excluding tert-OH is 1. The van der Waals surface area contributed by atoms with Gasteiger partial charge in [-0.3, -0.25) is 4.79 Å². The largest absolute Gasteiger partial charge is 0.392 e. The van der Waals surface area contributed by atoms with Gasteiger partial charge in [-0.25, -0.2) is 9.37 Å². The van der Waals surface area contributed by atoms with Crippen LogP contribution >= 0.6 is 11.6 Å². The summed E-state index contributed by atoms with van der Waals surface area (Å²) in [7, 11) is 1.59. The third-order valence-corrected chi connectivity index (χ3v) is 7.19. The lowest BCUT2D eigenvalue weighted by atomic mass is 9.93. The van der Waals surface area contributed by atoms with E-state index in [4.69, 9.17) is 16.3 Å². The number of aliphatic hydroxyl groups is 1. The second kappa shape index (κ2) is 9.97. The van der Waals surface area contributed by atoms with E-state index in [1.807, 2.05) is 22.9 Å². The zero-order valence-corrected chi connectivity index (χ0v) is 20.3. The summed E-state index contributed by atoms with van der Waals surface area (Å²) in [5.74, 6) is 0.177. The molecule has 5 rings (SSSR count). The van der Waals surface area contributed by atoms with Crippen molar-refractivity contribution in [1.82, 2.24) is 14.5 Å². The molecule has 0 saturated heterocycles. The molecule has 0 unspecified atom stereocenters. The minimum Gasteiger partial charge on any atom is -0.392 e. The van der Waals surface area contributed by atoms with Gasteiger partial charge in [-0.1, -0.05) is 17.7 Å². The Kier molecular flexibility index (Phi) is 6.77. The van der Waals surface area contributed by atoms with Crippen molar-refractivity contribution in [2.75, 3.05) is 19.0 Å². The van der Waals surface area contributed by atoms with E-state index in [2.05, 4.69) is 10.3 Å². The number of fused-ring (bicyclic) bond motifs is 1. The molecule has 184 valence electrons. The molecule has 9 heteroatoms. The minimum absolute atomic E-state index is 0.173. The molecule has 2 aromatic heterocycles. The molecule has 35 heavy (non-hydrogen) atoms. The number of hydrogen-bond donors (Lipinski definition) is 2. The monoisotopic (exact) mass is 498 g/mol. The van der Waals surface area contributed by atoms with Gasteiger partial charge < -0.3 is 24.6 Å². The summed E-state index contributed by atoms with van der Waals surface area (Å²) in [6, 6.07) is 8.18. The summed E-state index contributed by atoms with van der Waals surface area (Å²) in [6.45, 7) is 0.792. The van der Waals surface area contributed by atoms with Gasteiger partial charge in [0.2, 0.25) is 0 Å². The molecular weight excluding hydrogens is 471 g/mol. The van der Waals surface area contributed by atoms with Crippen LogP contribution in [-0.4, -0.2) is 51.3 Å². The number of benzene rings is 1. The van der Waals surface area contributed by atoms with Gasteiger partial charge in [-0.05, 0) is 54.7 Å². The number of ether oxygens (including phenoxy) is 1. The third kappa shape index (κ3) is 4.78. The van der Waals surface area contributed by atoms with E-state index in [1.54, 1.807) is 24.3 Å². The average Bonchev–Trinajstić information content (AvgIpc) is 3.24. The Morgan fingerprint density at radius 2 is 2.09 bits per heavy atom. The Labute approximate surface area is 208 Å². The summed E-state index contributed by atoms with van der Waals surface area (Å²) in [5, 5.41) is 13.7. The van der Waals surface area contributed by atoms with E-state index in [-0.39, 0.29) is 25.1 Å². The van der Waals surface area contributed by atoms with Gasteiger partial charge in [0.25, 0.3) is 5.91 Å². The first kappa shape index (κ1) is 23.8. The molecule has 7 nitrogen and oxygen atoms in total. The lowest BCUT2D eigenvalue weighted by molar-refractivity contribution is 0.0386. The van der Waals surface area contributed by atoms with Crippen LogP contribution in [0.1, 0.15) is 40.9 Å². The molecule has 0 spiro atoms. The van der Waals surface area contributed by atoms with Crippen LogP contribution < -0.4 is 5.32 Å². The number of nitrogens with one attached hydrogen (secondary N) is 1. The number of pyridine rings is 1. The van der Waals surface area contributed by atoms with Gasteiger partial charge in [0.1, 0.15) is 17.3 Å². The smallest absolute Gasteiger partial charge is 0.271 e. The molecule has 3 aromatic rings. The van der Waals surface area contributed by atoms with Gasteiger partial charge in [0.05, 0.1) is 24.3 Å². The van der Waals surface area contributed by atoms with Crippen LogP contribution in [0.15, 0.2) is 42.7 Å². The topological polar surface area (TPSA) is 79.6 Å². The summed E-state index contributed by atoms with van der Waals surface area (Å²) >= 11 is 6.50. The van der Waals surface area contributed by atoms with Crippen LogP contribution in [0.3, 0.4) is 0 Å². The Morgan fingerprint density at radius 1 is 1.26 bits per heavy atom. The molecule has 1 atom stereocenters. The van der Waals surface area contributed by atoms with Crippen LogP contribution in [0, 0.1) is 5.82 Å². The van der Waals surface area contributed by atoms with Gasteiger partial charge in [0, 0.05) is 49.8 Å². The number of aromatic nitrogens is 2. The number of carbonyl (C=O) groups is 1. The van der Waals surface area contributed by atoms with Gasteiger partial charge in [-0.2, -0.15) is 0 Å². The fourth-order valence-corrected chi connectivity index (χ4v) is 4.95. The number of nitrogens with zero attached hydrogens (tertiary/aromatic N) is 3. The molecule has 1 aliphatic carbocycles. The second-order valence-electron chi connectivity index (χ2n) is 9.20. The van der Waals surface area contributed by atoms with Crippen LogP contribution in [0.25, 0.3) is 11.1 Å². The van der Waals surface area contributed by atoms with Crippen molar-refractivity contribution in [3.05, 3.63) is 70.4 Å². The first-order valence-electron chi connectivity index (χ1n) is 11.8. The maximum atomic E-state index is 13.9. The molecule has 1 saturated carbocycles. The molecule has 1 aromatic carbocycles. The van der Waals surface area contributed by atoms with E-state index in [0.717, 1.165) is 29.8 Å². The number of hydrogen-bond acceptors (Lipinski definition) is 5. The third-order valence-electron chi connectivity index (χ3n) is 6.89. The van der Waals surface area contributed by atoms with Crippen LogP contribution in [-0.2, 0) is 24.4 Å².